The van der Waals surface area contributed by atoms with Crippen LogP contribution in [0.5, 0.6) is 0 Å². The number of carbonyl (C=O) groups is 3. The Kier molecular flexibility index (Phi) is 6.77. The normalized spacial score (nSPS) is 22.5. The van der Waals surface area contributed by atoms with Crippen molar-refractivity contribution in [2.75, 3.05) is 13.1 Å². The van der Waals surface area contributed by atoms with E-state index >= 15 is 0 Å². The first-order chi connectivity index (χ1) is 12.3. The van der Waals surface area contributed by atoms with Crippen molar-refractivity contribution < 1.29 is 19.5 Å². The van der Waals surface area contributed by atoms with Crippen LogP contribution in [-0.2, 0) is 20.8 Å². The smallest absolute Gasteiger partial charge is 0.308 e. The number of hydrogen-bond acceptors (Lipinski definition) is 3. The van der Waals surface area contributed by atoms with Crippen molar-refractivity contribution in [3.63, 3.8) is 0 Å². The first-order valence-corrected chi connectivity index (χ1v) is 9.15. The van der Waals surface area contributed by atoms with Crippen LogP contribution in [0.1, 0.15) is 45.1 Å². The maximum Gasteiger partial charge on any atom is 0.308 e. The fourth-order valence-electron chi connectivity index (χ4n) is 3.67. The molecule has 0 aromatic heterocycles. The number of carboxylic acids is 1. The Balaban J connectivity index is 1.96. The molecule has 0 bridgehead atoms. The summed E-state index contributed by atoms with van der Waals surface area (Å²) >= 11 is 0. The number of aliphatic carboxylic acids is 1. The summed E-state index contributed by atoms with van der Waals surface area (Å²) in [5.41, 5.74) is 0.340. The van der Waals surface area contributed by atoms with Gasteiger partial charge in [0, 0.05) is 13.5 Å². The first-order valence-electron chi connectivity index (χ1n) is 9.15. The maximum atomic E-state index is 12.5. The largest absolute Gasteiger partial charge is 0.481 e. The Labute approximate surface area is 154 Å². The Hall–Kier alpha value is -2.37. The SMILES string of the molecule is CC(=O)N(CCc1ccccc1)CC(=O)NC1(C)CCCCC1C(=O)O. The van der Waals surface area contributed by atoms with E-state index in [1.807, 2.05) is 30.3 Å². The Bertz CT molecular complexity index is 646. The van der Waals surface area contributed by atoms with Gasteiger partial charge in [0.1, 0.15) is 0 Å². The van der Waals surface area contributed by atoms with E-state index in [4.69, 9.17) is 0 Å². The van der Waals surface area contributed by atoms with Gasteiger partial charge in [-0.25, -0.2) is 0 Å². The lowest BCUT2D eigenvalue weighted by atomic mass is 9.74. The summed E-state index contributed by atoms with van der Waals surface area (Å²) in [5.74, 6) is -1.93. The summed E-state index contributed by atoms with van der Waals surface area (Å²) < 4.78 is 0. The zero-order valence-electron chi connectivity index (χ0n) is 15.5. The molecule has 1 fully saturated rings. The van der Waals surface area contributed by atoms with Crippen molar-refractivity contribution in [2.24, 2.45) is 5.92 Å². The molecule has 142 valence electrons. The number of nitrogens with zero attached hydrogens (tertiary/aromatic N) is 1. The fourth-order valence-corrected chi connectivity index (χ4v) is 3.67. The number of hydrogen-bond donors (Lipinski definition) is 2. The molecular weight excluding hydrogens is 332 g/mol. The van der Waals surface area contributed by atoms with E-state index in [0.29, 0.717) is 25.8 Å². The fraction of sp³-hybridized carbons (Fsp3) is 0.550. The van der Waals surface area contributed by atoms with Crippen molar-refractivity contribution in [1.29, 1.82) is 0 Å². The van der Waals surface area contributed by atoms with Gasteiger partial charge in [-0.05, 0) is 31.7 Å². The Morgan fingerprint density at radius 1 is 1.23 bits per heavy atom. The second kappa shape index (κ2) is 8.83. The van der Waals surface area contributed by atoms with E-state index in [2.05, 4.69) is 5.32 Å². The highest BCUT2D eigenvalue weighted by molar-refractivity contribution is 5.85. The molecule has 2 unspecified atom stereocenters. The average molecular weight is 360 g/mol. The maximum absolute atomic E-state index is 12.5. The molecule has 1 aliphatic rings. The zero-order valence-corrected chi connectivity index (χ0v) is 15.5. The summed E-state index contributed by atoms with van der Waals surface area (Å²) in [4.78, 5) is 37.4. The van der Waals surface area contributed by atoms with Gasteiger partial charge in [0.15, 0.2) is 0 Å². The predicted molar refractivity (Wildman–Crippen MR) is 98.5 cm³/mol. The third kappa shape index (κ3) is 5.31. The number of carbonyl (C=O) groups excluding carboxylic acids is 2. The van der Waals surface area contributed by atoms with Gasteiger partial charge in [0.05, 0.1) is 18.0 Å². The molecule has 0 spiro atoms. The molecule has 0 heterocycles. The minimum atomic E-state index is -0.875. The topological polar surface area (TPSA) is 86.7 Å². The zero-order chi connectivity index (χ0) is 19.2. The van der Waals surface area contributed by atoms with Crippen LogP contribution in [0.25, 0.3) is 0 Å². The van der Waals surface area contributed by atoms with Gasteiger partial charge < -0.3 is 15.3 Å². The second-order valence-electron chi connectivity index (χ2n) is 7.28. The lowest BCUT2D eigenvalue weighted by Gasteiger charge is -2.40. The second-order valence-corrected chi connectivity index (χ2v) is 7.28. The lowest BCUT2D eigenvalue weighted by Crippen LogP contribution is -2.57. The van der Waals surface area contributed by atoms with E-state index < -0.39 is 17.4 Å². The van der Waals surface area contributed by atoms with Crippen LogP contribution in [0.4, 0.5) is 0 Å². The summed E-state index contributed by atoms with van der Waals surface area (Å²) in [6, 6.07) is 9.79. The first kappa shape index (κ1) is 19.9. The van der Waals surface area contributed by atoms with Crippen LogP contribution in [-0.4, -0.2) is 46.4 Å². The van der Waals surface area contributed by atoms with Crippen LogP contribution in [0.15, 0.2) is 30.3 Å². The standard InChI is InChI=1S/C20H28N2O4/c1-15(23)22(13-11-16-8-4-3-5-9-16)14-18(24)21-20(2)12-7-6-10-17(20)19(25)26/h3-5,8-9,17H,6-7,10-14H2,1-2H3,(H,21,24)(H,25,26). The summed E-state index contributed by atoms with van der Waals surface area (Å²) in [7, 11) is 0. The van der Waals surface area contributed by atoms with Crippen LogP contribution in [0.2, 0.25) is 0 Å². The van der Waals surface area contributed by atoms with E-state index in [1.54, 1.807) is 6.92 Å². The molecular formula is C20H28N2O4. The van der Waals surface area contributed by atoms with Crippen LogP contribution in [0.3, 0.4) is 0 Å². The third-order valence-electron chi connectivity index (χ3n) is 5.22. The highest BCUT2D eigenvalue weighted by atomic mass is 16.4. The molecule has 2 atom stereocenters. The van der Waals surface area contributed by atoms with Gasteiger partial charge in [-0.15, -0.1) is 0 Å². The summed E-state index contributed by atoms with van der Waals surface area (Å²) in [6.45, 7) is 3.64. The van der Waals surface area contributed by atoms with Crippen molar-refractivity contribution in [1.82, 2.24) is 10.2 Å². The van der Waals surface area contributed by atoms with E-state index in [0.717, 1.165) is 18.4 Å². The third-order valence-corrected chi connectivity index (χ3v) is 5.22. The van der Waals surface area contributed by atoms with Crippen LogP contribution >= 0.6 is 0 Å². The lowest BCUT2D eigenvalue weighted by molar-refractivity contribution is -0.147. The van der Waals surface area contributed by atoms with Gasteiger partial charge in [-0.2, -0.15) is 0 Å². The van der Waals surface area contributed by atoms with Crippen LogP contribution in [0, 0.1) is 5.92 Å². The molecule has 2 rings (SSSR count). The van der Waals surface area contributed by atoms with Crippen molar-refractivity contribution in [3.8, 4) is 0 Å². The van der Waals surface area contributed by atoms with Crippen LogP contribution < -0.4 is 5.32 Å². The molecule has 2 N–H and O–H groups in total. The van der Waals surface area contributed by atoms with E-state index in [1.165, 1.54) is 11.8 Å². The number of amides is 2. The monoisotopic (exact) mass is 360 g/mol. The predicted octanol–water partition coefficient (Wildman–Crippen LogP) is 2.23. The molecule has 1 aromatic carbocycles. The van der Waals surface area contributed by atoms with Crippen molar-refractivity contribution in [3.05, 3.63) is 35.9 Å². The quantitative estimate of drug-likeness (QED) is 0.781. The molecule has 6 nitrogen and oxygen atoms in total. The van der Waals surface area contributed by atoms with Gasteiger partial charge >= 0.3 is 5.97 Å². The highest BCUT2D eigenvalue weighted by Crippen LogP contribution is 2.33. The minimum Gasteiger partial charge on any atom is -0.481 e. The van der Waals surface area contributed by atoms with Crippen molar-refractivity contribution in [2.45, 2.75) is 51.5 Å². The minimum absolute atomic E-state index is 0.0515. The molecule has 2 amide bonds. The van der Waals surface area contributed by atoms with E-state index in [9.17, 15) is 19.5 Å². The van der Waals surface area contributed by atoms with E-state index in [-0.39, 0.29) is 18.4 Å². The average Bonchev–Trinajstić information content (AvgIpc) is 2.59. The molecule has 1 aliphatic carbocycles. The number of nitrogens with one attached hydrogen (secondary N) is 1. The molecule has 1 aromatic rings. The molecule has 0 aliphatic heterocycles. The van der Waals surface area contributed by atoms with Crippen molar-refractivity contribution >= 4 is 17.8 Å². The number of carboxylic acid groups (broad SMARTS) is 1. The Morgan fingerprint density at radius 3 is 2.54 bits per heavy atom. The highest BCUT2D eigenvalue weighted by Gasteiger charge is 2.42. The summed E-state index contributed by atoms with van der Waals surface area (Å²) in [5, 5.41) is 12.3. The molecule has 0 radical (unpaired) electrons. The molecule has 0 saturated heterocycles. The van der Waals surface area contributed by atoms with Gasteiger partial charge in [-0.1, -0.05) is 43.2 Å². The molecule has 6 heteroatoms. The Morgan fingerprint density at radius 2 is 1.92 bits per heavy atom. The van der Waals surface area contributed by atoms with Gasteiger partial charge in [0.2, 0.25) is 11.8 Å². The summed E-state index contributed by atoms with van der Waals surface area (Å²) in [6.07, 6.45) is 3.63. The number of benzene rings is 1. The van der Waals surface area contributed by atoms with Gasteiger partial charge in [-0.3, -0.25) is 14.4 Å². The number of rotatable bonds is 7. The van der Waals surface area contributed by atoms with Gasteiger partial charge in [0.25, 0.3) is 0 Å². The molecule has 1 saturated carbocycles. The molecule has 26 heavy (non-hydrogen) atoms.